The molecule has 0 fully saturated rings. The summed E-state index contributed by atoms with van der Waals surface area (Å²) in [6, 6.07) is 1.58. The number of hydrogen-bond donors (Lipinski definition) is 2. The average molecular weight is 348 g/mol. The molecule has 1 aromatic rings. The van der Waals surface area contributed by atoms with Crippen LogP contribution in [0.3, 0.4) is 0 Å². The van der Waals surface area contributed by atoms with E-state index in [1.54, 1.807) is 0 Å². The predicted octanol–water partition coefficient (Wildman–Crippen LogP) is 2.38. The highest BCUT2D eigenvalue weighted by Gasteiger charge is 2.20. The Hall–Kier alpha value is -1.76. The molecular formula is C13H12BrF2NO3. The fraction of sp³-hybridized carbons (Fsp3) is 0.231. The molecule has 4 nitrogen and oxygen atoms in total. The van der Waals surface area contributed by atoms with Crippen molar-refractivity contribution in [1.29, 1.82) is 0 Å². The van der Waals surface area contributed by atoms with Gasteiger partial charge < -0.3 is 10.4 Å². The zero-order chi connectivity index (χ0) is 15.3. The van der Waals surface area contributed by atoms with Gasteiger partial charge in [0.25, 0.3) is 0 Å². The summed E-state index contributed by atoms with van der Waals surface area (Å²) in [6.45, 7) is 3.49. The maximum absolute atomic E-state index is 13.0. The number of carbonyl (C=O) groups excluding carboxylic acids is 1. The smallest absolute Gasteiger partial charge is 0.326 e. The minimum absolute atomic E-state index is 0.0125. The van der Waals surface area contributed by atoms with E-state index in [1.807, 2.05) is 0 Å². The molecule has 1 atom stereocenters. The first-order valence-electron chi connectivity index (χ1n) is 5.58. The number of nitrogens with one attached hydrogen (secondary N) is 1. The van der Waals surface area contributed by atoms with Crippen molar-refractivity contribution >= 4 is 27.8 Å². The molecule has 108 valence electrons. The van der Waals surface area contributed by atoms with Crippen LogP contribution in [-0.2, 0) is 16.0 Å². The molecule has 1 amide bonds. The molecule has 0 aliphatic rings. The molecule has 2 N–H and O–H groups in total. The Bertz CT molecular complexity index is 528. The van der Waals surface area contributed by atoms with Gasteiger partial charge in [-0.3, -0.25) is 4.79 Å². The third-order valence-electron chi connectivity index (χ3n) is 2.35. The zero-order valence-electron chi connectivity index (χ0n) is 10.3. The second-order valence-corrected chi connectivity index (χ2v) is 5.26. The van der Waals surface area contributed by atoms with Crippen molar-refractivity contribution < 1.29 is 23.5 Å². The molecule has 0 bridgehead atoms. The van der Waals surface area contributed by atoms with Gasteiger partial charge in [-0.05, 0) is 22.2 Å². The maximum atomic E-state index is 13.0. The number of halogens is 3. The molecule has 0 aliphatic carbocycles. The molecule has 0 aliphatic heterocycles. The van der Waals surface area contributed by atoms with E-state index in [0.717, 1.165) is 12.1 Å². The van der Waals surface area contributed by atoms with Gasteiger partial charge in [0.1, 0.15) is 17.7 Å². The molecule has 0 aromatic heterocycles. The lowest BCUT2D eigenvalue weighted by Crippen LogP contribution is -2.41. The van der Waals surface area contributed by atoms with Crippen molar-refractivity contribution in [2.75, 3.05) is 0 Å². The van der Waals surface area contributed by atoms with E-state index < -0.39 is 29.6 Å². The second-order valence-electron chi connectivity index (χ2n) is 4.13. The molecule has 0 spiro atoms. The van der Waals surface area contributed by atoms with E-state index in [-0.39, 0.29) is 18.4 Å². The van der Waals surface area contributed by atoms with E-state index >= 15 is 0 Å². The van der Waals surface area contributed by atoms with Gasteiger partial charge in [0.2, 0.25) is 5.91 Å². The molecule has 7 heteroatoms. The van der Waals surface area contributed by atoms with Gasteiger partial charge in [0, 0.05) is 12.5 Å². The summed E-state index contributed by atoms with van der Waals surface area (Å²) >= 11 is 3.01. The summed E-state index contributed by atoms with van der Waals surface area (Å²) in [5, 5.41) is 11.2. The van der Waals surface area contributed by atoms with E-state index in [2.05, 4.69) is 27.8 Å². The Morgan fingerprint density at radius 1 is 1.30 bits per heavy atom. The standard InChI is InChI=1S/C13H12BrF2NO3/c1-7(14)2-11(13(19)20)17-12(18)5-8-3-9(15)6-10(16)4-8/h3-4,6,11H,1-2,5H2,(H,17,18)(H,19,20)/t11-/m1/s1. The number of benzene rings is 1. The van der Waals surface area contributed by atoms with Crippen LogP contribution in [0.2, 0.25) is 0 Å². The van der Waals surface area contributed by atoms with Gasteiger partial charge in [-0.2, -0.15) is 0 Å². The number of carbonyl (C=O) groups is 2. The summed E-state index contributed by atoms with van der Waals surface area (Å²) in [7, 11) is 0. The number of carboxylic acid groups (broad SMARTS) is 1. The Morgan fingerprint density at radius 3 is 2.30 bits per heavy atom. The fourth-order valence-corrected chi connectivity index (χ4v) is 1.89. The fourth-order valence-electron chi connectivity index (χ4n) is 1.57. The van der Waals surface area contributed by atoms with Crippen LogP contribution in [0, 0.1) is 11.6 Å². The van der Waals surface area contributed by atoms with Crippen molar-refractivity contribution in [3.05, 3.63) is 46.5 Å². The normalized spacial score (nSPS) is 11.8. The van der Waals surface area contributed by atoms with E-state index in [9.17, 15) is 18.4 Å². The molecule has 0 heterocycles. The van der Waals surface area contributed by atoms with Crippen molar-refractivity contribution in [2.45, 2.75) is 18.9 Å². The lowest BCUT2D eigenvalue weighted by Gasteiger charge is -2.14. The molecular weight excluding hydrogens is 336 g/mol. The second kappa shape index (κ2) is 7.14. The molecule has 20 heavy (non-hydrogen) atoms. The monoisotopic (exact) mass is 347 g/mol. The van der Waals surface area contributed by atoms with Crippen molar-refractivity contribution in [3.8, 4) is 0 Å². The summed E-state index contributed by atoms with van der Waals surface area (Å²) < 4.78 is 26.3. The van der Waals surface area contributed by atoms with Gasteiger partial charge in [0.15, 0.2) is 0 Å². The van der Waals surface area contributed by atoms with Gasteiger partial charge in [0.05, 0.1) is 6.42 Å². The summed E-state index contributed by atoms with van der Waals surface area (Å²) in [6.07, 6.45) is -0.300. The predicted molar refractivity (Wildman–Crippen MR) is 72.3 cm³/mol. The number of amides is 1. The average Bonchev–Trinajstić information content (AvgIpc) is 2.25. The molecule has 0 saturated heterocycles. The first kappa shape index (κ1) is 16.3. The molecule has 1 aromatic carbocycles. The Balaban J connectivity index is 2.70. The molecule has 0 saturated carbocycles. The Kier molecular flexibility index (Phi) is 5.82. The Morgan fingerprint density at radius 2 is 1.85 bits per heavy atom. The van der Waals surface area contributed by atoms with Crippen LogP contribution in [-0.4, -0.2) is 23.0 Å². The van der Waals surface area contributed by atoms with Crippen molar-refractivity contribution in [2.24, 2.45) is 0 Å². The van der Waals surface area contributed by atoms with Gasteiger partial charge in [-0.25, -0.2) is 13.6 Å². The summed E-state index contributed by atoms with van der Waals surface area (Å²) in [5.41, 5.74) is 0.127. The molecule has 0 unspecified atom stereocenters. The number of hydrogen-bond acceptors (Lipinski definition) is 2. The molecule has 1 rings (SSSR count). The van der Waals surface area contributed by atoms with Crippen LogP contribution in [0.15, 0.2) is 29.3 Å². The third-order valence-corrected chi connectivity index (χ3v) is 2.67. The first-order chi connectivity index (χ1) is 9.27. The van der Waals surface area contributed by atoms with E-state index in [4.69, 9.17) is 5.11 Å². The van der Waals surface area contributed by atoms with Crippen molar-refractivity contribution in [3.63, 3.8) is 0 Å². The Labute approximate surface area is 122 Å². The minimum Gasteiger partial charge on any atom is -0.480 e. The number of rotatable bonds is 6. The number of carboxylic acids is 1. The highest BCUT2D eigenvalue weighted by Crippen LogP contribution is 2.12. The SMILES string of the molecule is C=C(Br)C[C@@H](NC(=O)Cc1cc(F)cc(F)c1)C(=O)O. The van der Waals surface area contributed by atoms with Crippen LogP contribution in [0.25, 0.3) is 0 Å². The van der Waals surface area contributed by atoms with Crippen LogP contribution in [0.4, 0.5) is 8.78 Å². The molecule has 0 radical (unpaired) electrons. The maximum Gasteiger partial charge on any atom is 0.326 e. The van der Waals surface area contributed by atoms with Crippen molar-refractivity contribution in [1.82, 2.24) is 5.32 Å². The summed E-state index contributed by atoms with van der Waals surface area (Å²) in [5.74, 6) is -3.45. The third kappa shape index (κ3) is 5.48. The lowest BCUT2D eigenvalue weighted by molar-refractivity contribution is -0.141. The quantitative estimate of drug-likeness (QED) is 0.830. The lowest BCUT2D eigenvalue weighted by atomic mass is 10.1. The highest BCUT2D eigenvalue weighted by molar-refractivity contribution is 9.11. The van der Waals surface area contributed by atoms with Crippen LogP contribution >= 0.6 is 15.9 Å². The van der Waals surface area contributed by atoms with Crippen LogP contribution < -0.4 is 5.32 Å². The topological polar surface area (TPSA) is 66.4 Å². The van der Waals surface area contributed by atoms with E-state index in [0.29, 0.717) is 10.5 Å². The largest absolute Gasteiger partial charge is 0.480 e. The highest BCUT2D eigenvalue weighted by atomic mass is 79.9. The van der Waals surface area contributed by atoms with Gasteiger partial charge in [-0.15, -0.1) is 0 Å². The minimum atomic E-state index is -1.22. The van der Waals surface area contributed by atoms with Crippen LogP contribution in [0.1, 0.15) is 12.0 Å². The number of aliphatic carboxylic acids is 1. The van der Waals surface area contributed by atoms with Crippen LogP contribution in [0.5, 0.6) is 0 Å². The van der Waals surface area contributed by atoms with E-state index in [1.165, 1.54) is 0 Å². The van der Waals surface area contributed by atoms with Gasteiger partial charge >= 0.3 is 5.97 Å². The zero-order valence-corrected chi connectivity index (χ0v) is 11.9. The van der Waals surface area contributed by atoms with Gasteiger partial charge in [-0.1, -0.05) is 22.5 Å². The first-order valence-corrected chi connectivity index (χ1v) is 6.37. The summed E-state index contributed by atoms with van der Waals surface area (Å²) in [4.78, 5) is 22.6.